The summed E-state index contributed by atoms with van der Waals surface area (Å²) >= 11 is 0. The molecule has 1 aliphatic carbocycles. The lowest BCUT2D eigenvalue weighted by molar-refractivity contribution is 0.0547. The zero-order valence-corrected chi connectivity index (χ0v) is 12.4. The fourth-order valence-electron chi connectivity index (χ4n) is 3.92. The van der Waals surface area contributed by atoms with Crippen molar-refractivity contribution < 1.29 is 5.21 Å². The third kappa shape index (κ3) is 3.18. The summed E-state index contributed by atoms with van der Waals surface area (Å²) in [6.07, 6.45) is 9.94. The van der Waals surface area contributed by atoms with Gasteiger partial charge in [0.25, 0.3) is 0 Å². The van der Waals surface area contributed by atoms with Gasteiger partial charge in [-0.1, -0.05) is 18.0 Å². The number of hydrogen-bond donors (Lipinski definition) is 2. The third-order valence-corrected chi connectivity index (χ3v) is 4.94. The van der Waals surface area contributed by atoms with Crippen LogP contribution in [0.4, 0.5) is 0 Å². The van der Waals surface area contributed by atoms with Gasteiger partial charge in [0.2, 0.25) is 0 Å². The van der Waals surface area contributed by atoms with Gasteiger partial charge in [-0.25, -0.2) is 0 Å². The molecule has 3 rings (SSSR count). The molecule has 0 unspecified atom stereocenters. The molecule has 1 aromatic rings. The van der Waals surface area contributed by atoms with Crippen molar-refractivity contribution in [3.63, 3.8) is 0 Å². The first kappa shape index (κ1) is 14.3. The number of amidine groups is 1. The van der Waals surface area contributed by atoms with E-state index in [1.54, 1.807) is 6.20 Å². The standard InChI is InChI=1S/C16H24N4O/c17-16(19-21)14-10-12(7-8-18-14)11-20-9-3-5-13-4-1-2-6-15(13)20/h7-8,10,13,15,21H,1-6,9,11H2,(H2,17,19)/t13-,15-/m1/s1. The van der Waals surface area contributed by atoms with Crippen molar-refractivity contribution in [1.82, 2.24) is 9.88 Å². The van der Waals surface area contributed by atoms with Gasteiger partial charge in [-0.15, -0.1) is 0 Å². The van der Waals surface area contributed by atoms with Crippen LogP contribution in [0.25, 0.3) is 0 Å². The van der Waals surface area contributed by atoms with E-state index in [1.165, 1.54) is 50.6 Å². The van der Waals surface area contributed by atoms with E-state index in [1.807, 2.05) is 12.1 Å². The van der Waals surface area contributed by atoms with Gasteiger partial charge >= 0.3 is 0 Å². The molecule has 0 spiro atoms. The molecule has 1 saturated carbocycles. The number of nitrogens with two attached hydrogens (primary N) is 1. The monoisotopic (exact) mass is 288 g/mol. The highest BCUT2D eigenvalue weighted by molar-refractivity contribution is 5.95. The Hall–Kier alpha value is -1.62. The van der Waals surface area contributed by atoms with Crippen molar-refractivity contribution in [1.29, 1.82) is 0 Å². The Balaban J connectivity index is 1.73. The normalized spacial score (nSPS) is 27.3. The van der Waals surface area contributed by atoms with Gasteiger partial charge in [-0.3, -0.25) is 9.88 Å². The molecule has 5 nitrogen and oxygen atoms in total. The molecule has 2 aliphatic rings. The molecular formula is C16H24N4O. The van der Waals surface area contributed by atoms with Gasteiger partial charge in [-0.05, 0) is 55.8 Å². The molecule has 114 valence electrons. The van der Waals surface area contributed by atoms with E-state index in [9.17, 15) is 0 Å². The number of oxime groups is 1. The van der Waals surface area contributed by atoms with Crippen molar-refractivity contribution in [3.8, 4) is 0 Å². The maximum atomic E-state index is 8.77. The quantitative estimate of drug-likeness (QED) is 0.387. The first-order chi connectivity index (χ1) is 10.3. The molecule has 0 aromatic carbocycles. The zero-order valence-electron chi connectivity index (χ0n) is 12.4. The van der Waals surface area contributed by atoms with E-state index in [4.69, 9.17) is 10.9 Å². The average molecular weight is 288 g/mol. The topological polar surface area (TPSA) is 74.7 Å². The van der Waals surface area contributed by atoms with E-state index in [0.717, 1.165) is 18.5 Å². The molecule has 21 heavy (non-hydrogen) atoms. The van der Waals surface area contributed by atoms with Gasteiger partial charge in [0.05, 0.1) is 0 Å². The van der Waals surface area contributed by atoms with Crippen molar-refractivity contribution in [2.24, 2.45) is 16.8 Å². The van der Waals surface area contributed by atoms with Gasteiger partial charge in [-0.2, -0.15) is 0 Å². The summed E-state index contributed by atoms with van der Waals surface area (Å²) in [7, 11) is 0. The minimum atomic E-state index is 0.0750. The maximum absolute atomic E-state index is 8.77. The molecule has 1 aromatic heterocycles. The number of nitrogens with zero attached hydrogens (tertiary/aromatic N) is 3. The molecule has 0 bridgehead atoms. The molecule has 2 atom stereocenters. The fraction of sp³-hybridized carbons (Fsp3) is 0.625. The lowest BCUT2D eigenvalue weighted by Crippen LogP contribution is -2.46. The Morgan fingerprint density at radius 2 is 2.14 bits per heavy atom. The third-order valence-electron chi connectivity index (χ3n) is 4.94. The largest absolute Gasteiger partial charge is 0.409 e. The van der Waals surface area contributed by atoms with Gasteiger partial charge in [0.1, 0.15) is 5.69 Å². The number of aromatic nitrogens is 1. The van der Waals surface area contributed by atoms with Crippen molar-refractivity contribution in [2.75, 3.05) is 6.54 Å². The van der Waals surface area contributed by atoms with Crippen molar-refractivity contribution in [3.05, 3.63) is 29.6 Å². The van der Waals surface area contributed by atoms with Crippen LogP contribution in [-0.2, 0) is 6.54 Å². The smallest absolute Gasteiger partial charge is 0.188 e. The summed E-state index contributed by atoms with van der Waals surface area (Å²) in [6, 6.07) is 4.70. The molecule has 5 heteroatoms. The second-order valence-electron chi connectivity index (χ2n) is 6.26. The van der Waals surface area contributed by atoms with Crippen LogP contribution in [0.15, 0.2) is 23.5 Å². The molecule has 3 N–H and O–H groups in total. The van der Waals surface area contributed by atoms with Crippen molar-refractivity contribution in [2.45, 2.75) is 51.1 Å². The number of piperidine rings is 1. The Morgan fingerprint density at radius 1 is 1.33 bits per heavy atom. The van der Waals surface area contributed by atoms with Crippen LogP contribution in [0.1, 0.15) is 49.8 Å². The van der Waals surface area contributed by atoms with Crippen LogP contribution in [-0.4, -0.2) is 33.5 Å². The average Bonchev–Trinajstić information content (AvgIpc) is 2.55. The highest BCUT2D eigenvalue weighted by Gasteiger charge is 2.32. The Bertz CT molecular complexity index is 515. The highest BCUT2D eigenvalue weighted by Crippen LogP contribution is 2.35. The Morgan fingerprint density at radius 3 is 3.00 bits per heavy atom. The SMILES string of the molecule is N/C(=N/O)c1cc(CN2CCC[C@H]3CCCC[C@H]32)ccn1. The molecule has 1 saturated heterocycles. The van der Waals surface area contributed by atoms with Crippen LogP contribution < -0.4 is 5.73 Å². The number of likely N-dealkylation sites (tertiary alicyclic amines) is 1. The lowest BCUT2D eigenvalue weighted by Gasteiger charge is -2.44. The molecular weight excluding hydrogens is 264 g/mol. The summed E-state index contributed by atoms with van der Waals surface area (Å²) in [5.74, 6) is 0.962. The van der Waals surface area contributed by atoms with Crippen LogP contribution in [0.5, 0.6) is 0 Å². The molecule has 1 aliphatic heterocycles. The summed E-state index contributed by atoms with van der Waals surface area (Å²) < 4.78 is 0. The predicted molar refractivity (Wildman–Crippen MR) is 82.1 cm³/mol. The number of pyridine rings is 1. The minimum absolute atomic E-state index is 0.0750. The summed E-state index contributed by atoms with van der Waals surface area (Å²) in [5.41, 5.74) is 7.37. The number of hydrogen-bond acceptors (Lipinski definition) is 4. The lowest BCUT2D eigenvalue weighted by atomic mass is 9.78. The number of fused-ring (bicyclic) bond motifs is 1. The van der Waals surface area contributed by atoms with Gasteiger partial charge in [0.15, 0.2) is 5.84 Å². The van der Waals surface area contributed by atoms with Gasteiger partial charge in [0, 0.05) is 18.8 Å². The van der Waals surface area contributed by atoms with Gasteiger partial charge < -0.3 is 10.9 Å². The second-order valence-corrected chi connectivity index (χ2v) is 6.26. The van der Waals surface area contributed by atoms with E-state index < -0.39 is 0 Å². The van der Waals surface area contributed by atoms with E-state index >= 15 is 0 Å². The highest BCUT2D eigenvalue weighted by atomic mass is 16.4. The molecule has 2 heterocycles. The summed E-state index contributed by atoms with van der Waals surface area (Å²) in [4.78, 5) is 6.77. The Labute approximate surface area is 125 Å². The first-order valence-electron chi connectivity index (χ1n) is 7.95. The second kappa shape index (κ2) is 6.43. The molecule has 0 amide bonds. The van der Waals surface area contributed by atoms with E-state index in [-0.39, 0.29) is 5.84 Å². The maximum Gasteiger partial charge on any atom is 0.188 e. The molecule has 2 fully saturated rings. The first-order valence-corrected chi connectivity index (χ1v) is 7.95. The Kier molecular flexibility index (Phi) is 4.39. The summed E-state index contributed by atoms with van der Waals surface area (Å²) in [5, 5.41) is 11.8. The molecule has 0 radical (unpaired) electrons. The van der Waals surface area contributed by atoms with Crippen LogP contribution in [0, 0.1) is 5.92 Å². The fourth-order valence-corrected chi connectivity index (χ4v) is 3.92. The minimum Gasteiger partial charge on any atom is -0.409 e. The van der Waals surface area contributed by atoms with E-state index in [2.05, 4.69) is 15.0 Å². The summed E-state index contributed by atoms with van der Waals surface area (Å²) in [6.45, 7) is 2.12. The van der Waals surface area contributed by atoms with Crippen LogP contribution in [0.2, 0.25) is 0 Å². The zero-order chi connectivity index (χ0) is 14.7. The number of rotatable bonds is 3. The van der Waals surface area contributed by atoms with Crippen LogP contribution >= 0.6 is 0 Å². The van der Waals surface area contributed by atoms with E-state index in [0.29, 0.717) is 5.69 Å². The predicted octanol–water partition coefficient (Wildman–Crippen LogP) is 2.33. The van der Waals surface area contributed by atoms with Crippen molar-refractivity contribution >= 4 is 5.84 Å². The van der Waals surface area contributed by atoms with Crippen LogP contribution in [0.3, 0.4) is 0 Å².